The van der Waals surface area contributed by atoms with Crippen LogP contribution >= 0.6 is 0 Å². The molecule has 0 atom stereocenters. The lowest BCUT2D eigenvalue weighted by atomic mass is 10.0. The van der Waals surface area contributed by atoms with Gasteiger partial charge in [0, 0.05) is 0 Å². The van der Waals surface area contributed by atoms with E-state index in [0.29, 0.717) is 0 Å². The molecule has 0 bridgehead atoms. The van der Waals surface area contributed by atoms with Gasteiger partial charge >= 0.3 is 0 Å². The van der Waals surface area contributed by atoms with E-state index in [1.807, 2.05) is 0 Å². The van der Waals surface area contributed by atoms with Gasteiger partial charge in [0.1, 0.15) is 0 Å². The minimum Gasteiger partial charge on any atom is -0.0845 e. The molecular weight excluding hydrogens is 132 g/mol. The van der Waals surface area contributed by atoms with Gasteiger partial charge in [-0.1, -0.05) is 30.6 Å². The van der Waals surface area contributed by atoms with Gasteiger partial charge in [0.25, 0.3) is 0 Å². The molecule has 0 radical (unpaired) electrons. The van der Waals surface area contributed by atoms with E-state index >= 15 is 0 Å². The standard InChI is InChI=1S/C11H20/c1-6-8-10(4)11(5)9(3)7-2/h7H,6,8H2,1-5H3/b9-7?,11-10+. The first-order chi connectivity index (χ1) is 5.13. The van der Waals surface area contributed by atoms with Crippen LogP contribution in [0.1, 0.15) is 47.5 Å². The topological polar surface area (TPSA) is 0 Å². The van der Waals surface area contributed by atoms with Gasteiger partial charge in [0.2, 0.25) is 0 Å². The maximum atomic E-state index is 2.23. The second kappa shape index (κ2) is 5.17. The first-order valence-corrected chi connectivity index (χ1v) is 4.43. The third-order valence-corrected chi connectivity index (χ3v) is 2.29. The lowest BCUT2D eigenvalue weighted by Gasteiger charge is -2.06. The van der Waals surface area contributed by atoms with E-state index in [1.165, 1.54) is 29.6 Å². The SMILES string of the molecule is CC=C(C)/C(C)=C(\C)CCC. The van der Waals surface area contributed by atoms with Crippen LogP contribution in [0.3, 0.4) is 0 Å². The summed E-state index contributed by atoms with van der Waals surface area (Å²) in [7, 11) is 0. The molecule has 0 saturated heterocycles. The van der Waals surface area contributed by atoms with Gasteiger partial charge in [-0.05, 0) is 39.7 Å². The summed E-state index contributed by atoms with van der Waals surface area (Å²) < 4.78 is 0. The molecule has 11 heavy (non-hydrogen) atoms. The third-order valence-electron chi connectivity index (χ3n) is 2.29. The van der Waals surface area contributed by atoms with Crippen LogP contribution in [0.15, 0.2) is 22.8 Å². The van der Waals surface area contributed by atoms with Crippen molar-refractivity contribution in [2.45, 2.75) is 47.5 Å². The molecule has 64 valence electrons. The minimum absolute atomic E-state index is 1.23. The summed E-state index contributed by atoms with van der Waals surface area (Å²) in [4.78, 5) is 0. The zero-order valence-electron chi connectivity index (χ0n) is 8.49. The van der Waals surface area contributed by atoms with Gasteiger partial charge in [-0.15, -0.1) is 0 Å². The summed E-state index contributed by atoms with van der Waals surface area (Å²) >= 11 is 0. The highest BCUT2D eigenvalue weighted by Gasteiger charge is 1.96. The molecule has 0 heterocycles. The second-order valence-electron chi connectivity index (χ2n) is 3.13. The molecule has 0 spiro atoms. The van der Waals surface area contributed by atoms with Crippen molar-refractivity contribution in [1.82, 2.24) is 0 Å². The van der Waals surface area contributed by atoms with Crippen LogP contribution in [0.25, 0.3) is 0 Å². The van der Waals surface area contributed by atoms with Crippen molar-refractivity contribution >= 4 is 0 Å². The van der Waals surface area contributed by atoms with Gasteiger partial charge in [0.05, 0.1) is 0 Å². The Labute approximate surface area is 71.0 Å². The zero-order chi connectivity index (χ0) is 8.85. The molecule has 0 aliphatic heterocycles. The lowest BCUT2D eigenvalue weighted by molar-refractivity contribution is 0.891. The summed E-state index contributed by atoms with van der Waals surface area (Å²) in [5, 5.41) is 0. The van der Waals surface area contributed by atoms with Crippen LogP contribution in [0.5, 0.6) is 0 Å². The summed E-state index contributed by atoms with van der Waals surface area (Å²) in [6, 6.07) is 0. The number of hydrogen-bond acceptors (Lipinski definition) is 0. The molecule has 0 amide bonds. The van der Waals surface area contributed by atoms with Gasteiger partial charge < -0.3 is 0 Å². The van der Waals surface area contributed by atoms with E-state index in [4.69, 9.17) is 0 Å². The Balaban J connectivity index is 4.39. The normalized spacial score (nSPS) is 14.8. The van der Waals surface area contributed by atoms with Crippen LogP contribution in [-0.4, -0.2) is 0 Å². The molecule has 0 rings (SSSR count). The fourth-order valence-electron chi connectivity index (χ4n) is 1.12. The molecule has 0 aromatic rings. The molecule has 0 aliphatic rings. The highest BCUT2D eigenvalue weighted by atomic mass is 14.0. The number of allylic oxidation sites excluding steroid dienone is 4. The average Bonchev–Trinajstić information content (AvgIpc) is 2.02. The summed E-state index contributed by atoms with van der Waals surface area (Å²) in [5.41, 5.74) is 4.41. The van der Waals surface area contributed by atoms with Gasteiger partial charge in [-0.25, -0.2) is 0 Å². The minimum atomic E-state index is 1.23. The first-order valence-electron chi connectivity index (χ1n) is 4.43. The molecule has 0 fully saturated rings. The molecule has 0 saturated carbocycles. The van der Waals surface area contributed by atoms with Crippen molar-refractivity contribution in [3.05, 3.63) is 22.8 Å². The van der Waals surface area contributed by atoms with E-state index in [0.717, 1.165) is 0 Å². The number of hydrogen-bond donors (Lipinski definition) is 0. The van der Waals surface area contributed by atoms with E-state index in [9.17, 15) is 0 Å². The van der Waals surface area contributed by atoms with Crippen molar-refractivity contribution in [3.8, 4) is 0 Å². The Kier molecular flexibility index (Phi) is 4.93. The van der Waals surface area contributed by atoms with Crippen LogP contribution in [0.2, 0.25) is 0 Å². The Bertz CT molecular complexity index is 170. The first kappa shape index (κ1) is 10.5. The quantitative estimate of drug-likeness (QED) is 0.534. The number of rotatable bonds is 3. The van der Waals surface area contributed by atoms with Gasteiger partial charge in [-0.3, -0.25) is 0 Å². The smallest absolute Gasteiger partial charge is 0.0320 e. The highest BCUT2D eigenvalue weighted by molar-refractivity contribution is 5.30. The Hall–Kier alpha value is -0.520. The van der Waals surface area contributed by atoms with E-state index in [-0.39, 0.29) is 0 Å². The zero-order valence-corrected chi connectivity index (χ0v) is 8.49. The van der Waals surface area contributed by atoms with Crippen molar-refractivity contribution in [3.63, 3.8) is 0 Å². The van der Waals surface area contributed by atoms with E-state index in [1.54, 1.807) is 0 Å². The highest BCUT2D eigenvalue weighted by Crippen LogP contribution is 2.16. The van der Waals surface area contributed by atoms with Crippen molar-refractivity contribution < 1.29 is 0 Å². The Morgan fingerprint density at radius 2 is 1.73 bits per heavy atom. The monoisotopic (exact) mass is 152 g/mol. The Morgan fingerprint density at radius 3 is 2.09 bits per heavy atom. The predicted molar refractivity (Wildman–Crippen MR) is 52.7 cm³/mol. The Morgan fingerprint density at radius 1 is 1.18 bits per heavy atom. The molecule has 0 aromatic carbocycles. The summed E-state index contributed by atoms with van der Waals surface area (Å²) in [6.07, 6.45) is 4.66. The summed E-state index contributed by atoms with van der Waals surface area (Å²) in [6.45, 7) is 10.9. The van der Waals surface area contributed by atoms with Crippen molar-refractivity contribution in [1.29, 1.82) is 0 Å². The van der Waals surface area contributed by atoms with Crippen LogP contribution < -0.4 is 0 Å². The van der Waals surface area contributed by atoms with Crippen LogP contribution in [0, 0.1) is 0 Å². The van der Waals surface area contributed by atoms with Gasteiger partial charge in [-0.2, -0.15) is 0 Å². The summed E-state index contributed by atoms with van der Waals surface area (Å²) in [5.74, 6) is 0. The fourth-order valence-corrected chi connectivity index (χ4v) is 1.12. The van der Waals surface area contributed by atoms with Crippen molar-refractivity contribution in [2.24, 2.45) is 0 Å². The van der Waals surface area contributed by atoms with Crippen LogP contribution in [-0.2, 0) is 0 Å². The molecular formula is C11H20. The molecule has 0 nitrogen and oxygen atoms in total. The molecule has 0 unspecified atom stereocenters. The molecule has 0 heteroatoms. The molecule has 0 N–H and O–H groups in total. The van der Waals surface area contributed by atoms with Crippen LogP contribution in [0.4, 0.5) is 0 Å². The third kappa shape index (κ3) is 3.41. The van der Waals surface area contributed by atoms with Gasteiger partial charge in [0.15, 0.2) is 0 Å². The van der Waals surface area contributed by atoms with Crippen molar-refractivity contribution in [2.75, 3.05) is 0 Å². The molecule has 0 aliphatic carbocycles. The largest absolute Gasteiger partial charge is 0.0845 e. The maximum absolute atomic E-state index is 2.23. The second-order valence-corrected chi connectivity index (χ2v) is 3.13. The predicted octanol–water partition coefficient (Wildman–Crippen LogP) is 4.09. The van der Waals surface area contributed by atoms with E-state index in [2.05, 4.69) is 40.7 Å². The fraction of sp³-hybridized carbons (Fsp3) is 0.636. The maximum Gasteiger partial charge on any atom is -0.0320 e. The molecule has 0 aromatic heterocycles. The lowest BCUT2D eigenvalue weighted by Crippen LogP contribution is -1.85. The average molecular weight is 152 g/mol. The van der Waals surface area contributed by atoms with E-state index < -0.39 is 0 Å².